The molecule has 1 atom stereocenters. The minimum atomic E-state index is -2.97. The van der Waals surface area contributed by atoms with Crippen LogP contribution in [0.4, 0.5) is 0 Å². The molecule has 1 amide bonds. The van der Waals surface area contributed by atoms with Gasteiger partial charge in [0, 0.05) is 11.6 Å². The lowest BCUT2D eigenvalue weighted by Gasteiger charge is -2.21. The summed E-state index contributed by atoms with van der Waals surface area (Å²) < 4.78 is 22.9. The van der Waals surface area contributed by atoms with Crippen molar-refractivity contribution in [2.45, 2.75) is 45.6 Å². The quantitative estimate of drug-likeness (QED) is 0.911. The molecular weight excluding hydrogens is 286 g/mol. The average Bonchev–Trinajstić information content (AvgIpc) is 2.67. The fourth-order valence-electron chi connectivity index (χ4n) is 2.56. The number of carbonyl (C=O) groups is 1. The molecule has 1 aromatic rings. The first-order valence-corrected chi connectivity index (χ1v) is 9.03. The van der Waals surface area contributed by atoms with Crippen molar-refractivity contribution >= 4 is 15.7 Å². The van der Waals surface area contributed by atoms with Crippen molar-refractivity contribution in [3.63, 3.8) is 0 Å². The molecule has 1 aromatic carbocycles. The topological polar surface area (TPSA) is 63.2 Å². The molecule has 0 aliphatic carbocycles. The Labute approximate surface area is 126 Å². The average molecular weight is 309 g/mol. The first kappa shape index (κ1) is 16.0. The summed E-state index contributed by atoms with van der Waals surface area (Å²) in [6, 6.07) is 5.56. The van der Waals surface area contributed by atoms with E-state index in [0.717, 1.165) is 5.56 Å². The lowest BCUT2D eigenvalue weighted by molar-refractivity contribution is 0.0940. The van der Waals surface area contributed by atoms with E-state index in [0.29, 0.717) is 12.0 Å². The highest BCUT2D eigenvalue weighted by molar-refractivity contribution is 7.91. The van der Waals surface area contributed by atoms with Crippen LogP contribution < -0.4 is 5.32 Å². The van der Waals surface area contributed by atoms with Gasteiger partial charge >= 0.3 is 0 Å². The molecule has 0 bridgehead atoms. The van der Waals surface area contributed by atoms with Gasteiger partial charge in [0.1, 0.15) is 0 Å². The van der Waals surface area contributed by atoms with Crippen molar-refractivity contribution in [1.29, 1.82) is 0 Å². The highest BCUT2D eigenvalue weighted by atomic mass is 32.2. The fourth-order valence-corrected chi connectivity index (χ4v) is 4.23. The summed E-state index contributed by atoms with van der Waals surface area (Å²) in [4.78, 5) is 12.3. The van der Waals surface area contributed by atoms with E-state index in [1.165, 1.54) is 5.56 Å². The molecule has 2 rings (SSSR count). The molecule has 0 aromatic heterocycles. The lowest BCUT2D eigenvalue weighted by Crippen LogP contribution is -2.36. The molecule has 4 nitrogen and oxygen atoms in total. The molecule has 0 saturated carbocycles. The molecule has 1 aliphatic heterocycles. The van der Waals surface area contributed by atoms with Crippen LogP contribution in [0.25, 0.3) is 0 Å². The van der Waals surface area contributed by atoms with Crippen molar-refractivity contribution in [3.8, 4) is 0 Å². The standard InChI is InChI=1S/C16H23NO3S/c1-11-9-12(16(2,3)4)5-6-14(11)15(18)17-13-7-8-21(19,20)10-13/h5-6,9,13H,7-8,10H2,1-4H3,(H,17,18). The van der Waals surface area contributed by atoms with E-state index in [1.807, 2.05) is 25.1 Å². The number of benzene rings is 1. The largest absolute Gasteiger partial charge is 0.348 e. The Kier molecular flexibility index (Phi) is 4.15. The van der Waals surface area contributed by atoms with Gasteiger partial charge in [-0.25, -0.2) is 8.42 Å². The van der Waals surface area contributed by atoms with E-state index in [-0.39, 0.29) is 28.9 Å². The van der Waals surface area contributed by atoms with Crippen LogP contribution >= 0.6 is 0 Å². The normalized spacial score (nSPS) is 21.2. The van der Waals surface area contributed by atoms with E-state index in [9.17, 15) is 13.2 Å². The van der Waals surface area contributed by atoms with Gasteiger partial charge in [-0.15, -0.1) is 0 Å². The third-order valence-electron chi connectivity index (χ3n) is 3.90. The highest BCUT2D eigenvalue weighted by Gasteiger charge is 2.29. The highest BCUT2D eigenvalue weighted by Crippen LogP contribution is 2.24. The summed E-state index contributed by atoms with van der Waals surface area (Å²) >= 11 is 0. The lowest BCUT2D eigenvalue weighted by atomic mass is 9.85. The van der Waals surface area contributed by atoms with Crippen LogP contribution in [-0.2, 0) is 15.3 Å². The van der Waals surface area contributed by atoms with Gasteiger partial charge in [-0.1, -0.05) is 32.9 Å². The molecule has 0 radical (unpaired) electrons. The maximum Gasteiger partial charge on any atom is 0.251 e. The van der Waals surface area contributed by atoms with Crippen LogP contribution in [0, 0.1) is 6.92 Å². The van der Waals surface area contributed by atoms with Crippen LogP contribution in [0.1, 0.15) is 48.7 Å². The molecule has 1 heterocycles. The van der Waals surface area contributed by atoms with Crippen molar-refractivity contribution in [3.05, 3.63) is 34.9 Å². The molecule has 21 heavy (non-hydrogen) atoms. The molecule has 1 N–H and O–H groups in total. The fraction of sp³-hybridized carbons (Fsp3) is 0.562. The van der Waals surface area contributed by atoms with Gasteiger partial charge in [0.15, 0.2) is 9.84 Å². The number of aryl methyl sites for hydroxylation is 1. The predicted octanol–water partition coefficient (Wildman–Crippen LogP) is 2.21. The maximum absolute atomic E-state index is 12.3. The second-order valence-corrected chi connectivity index (χ2v) is 9.08. The van der Waals surface area contributed by atoms with Gasteiger partial charge in [-0.3, -0.25) is 4.79 Å². The van der Waals surface area contributed by atoms with Crippen LogP contribution in [0.3, 0.4) is 0 Å². The molecule has 1 fully saturated rings. The summed E-state index contributed by atoms with van der Waals surface area (Å²) in [6.07, 6.45) is 0.507. The first-order valence-electron chi connectivity index (χ1n) is 7.21. The van der Waals surface area contributed by atoms with E-state index >= 15 is 0 Å². The van der Waals surface area contributed by atoms with Gasteiger partial charge in [-0.05, 0) is 36.0 Å². The van der Waals surface area contributed by atoms with E-state index in [2.05, 4.69) is 26.1 Å². The number of hydrogen-bond acceptors (Lipinski definition) is 3. The molecule has 0 spiro atoms. The van der Waals surface area contributed by atoms with Crippen LogP contribution in [-0.4, -0.2) is 31.9 Å². The monoisotopic (exact) mass is 309 g/mol. The van der Waals surface area contributed by atoms with Crippen LogP contribution in [0.2, 0.25) is 0 Å². The van der Waals surface area contributed by atoms with Gasteiger partial charge in [0.2, 0.25) is 0 Å². The maximum atomic E-state index is 12.3. The Hall–Kier alpha value is -1.36. The number of amides is 1. The van der Waals surface area contributed by atoms with Crippen LogP contribution in [0.5, 0.6) is 0 Å². The summed E-state index contributed by atoms with van der Waals surface area (Å²) in [5.41, 5.74) is 2.76. The Bertz CT molecular complexity index is 657. The van der Waals surface area contributed by atoms with Gasteiger partial charge in [0.05, 0.1) is 11.5 Å². The first-order chi connectivity index (χ1) is 9.58. The second kappa shape index (κ2) is 5.44. The SMILES string of the molecule is Cc1cc(C(C)(C)C)ccc1C(=O)NC1CCS(=O)(=O)C1. The zero-order valence-electron chi connectivity index (χ0n) is 13.1. The minimum Gasteiger partial charge on any atom is -0.348 e. The summed E-state index contributed by atoms with van der Waals surface area (Å²) in [5, 5.41) is 2.83. The van der Waals surface area contributed by atoms with E-state index in [1.54, 1.807) is 0 Å². The van der Waals surface area contributed by atoms with Crippen molar-refractivity contribution in [1.82, 2.24) is 5.32 Å². The summed E-state index contributed by atoms with van der Waals surface area (Å²) in [7, 11) is -2.97. The van der Waals surface area contributed by atoms with Crippen molar-refractivity contribution < 1.29 is 13.2 Å². The van der Waals surface area contributed by atoms with Crippen molar-refractivity contribution in [2.75, 3.05) is 11.5 Å². The van der Waals surface area contributed by atoms with E-state index in [4.69, 9.17) is 0 Å². The van der Waals surface area contributed by atoms with Gasteiger partial charge < -0.3 is 5.32 Å². The summed E-state index contributed by atoms with van der Waals surface area (Å²) in [5.74, 6) is 0.0349. The Morgan fingerprint density at radius 1 is 1.29 bits per heavy atom. The Morgan fingerprint density at radius 3 is 2.43 bits per heavy atom. The predicted molar refractivity (Wildman–Crippen MR) is 84.4 cm³/mol. The third-order valence-corrected chi connectivity index (χ3v) is 5.67. The number of carbonyl (C=O) groups excluding carboxylic acids is 1. The number of nitrogens with one attached hydrogen (secondary N) is 1. The Morgan fingerprint density at radius 2 is 1.95 bits per heavy atom. The van der Waals surface area contributed by atoms with Crippen molar-refractivity contribution in [2.24, 2.45) is 0 Å². The zero-order valence-corrected chi connectivity index (χ0v) is 13.9. The van der Waals surface area contributed by atoms with E-state index < -0.39 is 9.84 Å². The van der Waals surface area contributed by atoms with Gasteiger partial charge in [-0.2, -0.15) is 0 Å². The second-order valence-electron chi connectivity index (χ2n) is 6.85. The number of rotatable bonds is 2. The summed E-state index contributed by atoms with van der Waals surface area (Å²) in [6.45, 7) is 8.30. The molecule has 5 heteroatoms. The third kappa shape index (κ3) is 3.84. The molecule has 1 aliphatic rings. The number of hydrogen-bond donors (Lipinski definition) is 1. The molecule has 116 valence electrons. The zero-order chi connectivity index (χ0) is 15.8. The van der Waals surface area contributed by atoms with Crippen LogP contribution in [0.15, 0.2) is 18.2 Å². The smallest absolute Gasteiger partial charge is 0.251 e. The molecular formula is C16H23NO3S. The molecule has 1 saturated heterocycles. The Balaban J connectivity index is 2.13. The molecule has 1 unspecified atom stereocenters. The minimum absolute atomic E-state index is 0.0410. The number of sulfone groups is 1. The van der Waals surface area contributed by atoms with Gasteiger partial charge in [0.25, 0.3) is 5.91 Å².